The molecule has 31 heavy (non-hydrogen) atoms. The van der Waals surface area contributed by atoms with Crippen molar-refractivity contribution in [2.75, 3.05) is 5.32 Å². The molecule has 4 saturated carbocycles. The summed E-state index contributed by atoms with van der Waals surface area (Å²) >= 11 is 6.46. The van der Waals surface area contributed by atoms with E-state index in [1.807, 2.05) is 0 Å². The largest absolute Gasteiger partial charge is 0.481 e. The first-order chi connectivity index (χ1) is 14.7. The second kappa shape index (κ2) is 6.92. The average molecular weight is 442 g/mol. The molecule has 1 aromatic heterocycles. The van der Waals surface area contributed by atoms with Crippen molar-refractivity contribution in [1.82, 2.24) is 9.78 Å². The summed E-state index contributed by atoms with van der Waals surface area (Å²) in [5, 5.41) is 17.6. The van der Waals surface area contributed by atoms with E-state index in [0.29, 0.717) is 48.0 Å². The van der Waals surface area contributed by atoms with Gasteiger partial charge in [-0.05, 0) is 81.5 Å². The third-order valence-electron chi connectivity index (χ3n) is 7.42. The van der Waals surface area contributed by atoms with Crippen LogP contribution >= 0.6 is 11.6 Å². The standard InChI is InChI=1S/C23H24ClN3O4/c1-13(28)16-2-4-17(5-3-16)26-18-11-25-27(20(29)19(18)24)23-9-14-6-15(10-23)8-22(7-14,12-23)21(30)31/h2-5,11,14-15,26H,6-10,12H2,1H3,(H,30,31)/t14-,15-,22?,23?/m0/s1. The number of nitrogens with zero attached hydrogens (tertiary/aromatic N) is 2. The van der Waals surface area contributed by atoms with Crippen molar-refractivity contribution in [2.24, 2.45) is 17.3 Å². The highest BCUT2D eigenvalue weighted by molar-refractivity contribution is 6.33. The zero-order valence-electron chi connectivity index (χ0n) is 17.2. The van der Waals surface area contributed by atoms with Crippen LogP contribution in [0.2, 0.25) is 5.02 Å². The Morgan fingerprint density at radius 3 is 2.39 bits per heavy atom. The molecule has 4 bridgehead atoms. The van der Waals surface area contributed by atoms with Crippen molar-refractivity contribution < 1.29 is 14.7 Å². The van der Waals surface area contributed by atoms with Gasteiger partial charge < -0.3 is 10.4 Å². The minimum absolute atomic E-state index is 0.0245. The molecule has 2 aromatic rings. The maximum atomic E-state index is 13.2. The monoisotopic (exact) mass is 441 g/mol. The number of aliphatic carboxylic acids is 1. The van der Waals surface area contributed by atoms with E-state index < -0.39 is 22.5 Å². The fourth-order valence-corrected chi connectivity index (χ4v) is 6.69. The Hall–Kier alpha value is -2.67. The van der Waals surface area contributed by atoms with Crippen LogP contribution in [0.15, 0.2) is 35.3 Å². The zero-order chi connectivity index (χ0) is 22.0. The van der Waals surface area contributed by atoms with Crippen molar-refractivity contribution >= 4 is 34.7 Å². The maximum absolute atomic E-state index is 13.2. The van der Waals surface area contributed by atoms with Gasteiger partial charge in [-0.25, -0.2) is 4.68 Å². The highest BCUT2D eigenvalue weighted by atomic mass is 35.5. The molecule has 4 fully saturated rings. The van der Waals surface area contributed by atoms with Crippen LogP contribution < -0.4 is 10.9 Å². The van der Waals surface area contributed by atoms with E-state index in [2.05, 4.69) is 10.4 Å². The normalized spacial score (nSPS) is 30.9. The summed E-state index contributed by atoms with van der Waals surface area (Å²) < 4.78 is 1.47. The molecule has 1 aromatic carbocycles. The highest BCUT2D eigenvalue weighted by Crippen LogP contribution is 2.63. The van der Waals surface area contributed by atoms with E-state index in [0.717, 1.165) is 19.3 Å². The molecule has 0 aliphatic heterocycles. The first-order valence-electron chi connectivity index (χ1n) is 10.6. The van der Waals surface area contributed by atoms with Gasteiger partial charge in [0.1, 0.15) is 5.02 Å². The summed E-state index contributed by atoms with van der Waals surface area (Å²) in [6.45, 7) is 1.50. The van der Waals surface area contributed by atoms with E-state index in [9.17, 15) is 19.5 Å². The summed E-state index contributed by atoms with van der Waals surface area (Å²) in [5.74, 6) is -0.161. The minimum Gasteiger partial charge on any atom is -0.481 e. The predicted molar refractivity (Wildman–Crippen MR) is 116 cm³/mol. The van der Waals surface area contributed by atoms with Crippen molar-refractivity contribution in [2.45, 2.75) is 51.0 Å². The first kappa shape index (κ1) is 20.2. The lowest BCUT2D eigenvalue weighted by molar-refractivity contribution is -0.173. The molecular weight excluding hydrogens is 418 g/mol. The number of nitrogens with one attached hydrogen (secondary N) is 1. The van der Waals surface area contributed by atoms with E-state index in [-0.39, 0.29) is 10.8 Å². The number of aromatic nitrogens is 2. The van der Waals surface area contributed by atoms with Gasteiger partial charge in [0.25, 0.3) is 5.56 Å². The molecule has 0 radical (unpaired) electrons. The van der Waals surface area contributed by atoms with Gasteiger partial charge >= 0.3 is 5.97 Å². The Balaban J connectivity index is 1.48. The molecule has 162 valence electrons. The fourth-order valence-electron chi connectivity index (χ4n) is 6.51. The van der Waals surface area contributed by atoms with Gasteiger partial charge in [-0.15, -0.1) is 0 Å². The number of ketones is 1. The van der Waals surface area contributed by atoms with Gasteiger partial charge in [-0.3, -0.25) is 14.4 Å². The molecule has 2 atom stereocenters. The molecule has 7 nitrogen and oxygen atoms in total. The molecule has 1 heterocycles. The first-order valence-corrected chi connectivity index (χ1v) is 11.0. The Bertz CT molecular complexity index is 1130. The van der Waals surface area contributed by atoms with E-state index in [1.54, 1.807) is 24.3 Å². The van der Waals surface area contributed by atoms with Crippen LogP contribution in [-0.4, -0.2) is 26.6 Å². The van der Waals surface area contributed by atoms with Gasteiger partial charge in [-0.1, -0.05) is 11.6 Å². The Morgan fingerprint density at radius 2 is 1.81 bits per heavy atom. The van der Waals surface area contributed by atoms with Crippen LogP contribution in [0.4, 0.5) is 11.4 Å². The lowest BCUT2D eigenvalue weighted by Gasteiger charge is -2.60. The lowest BCUT2D eigenvalue weighted by Crippen LogP contribution is -2.61. The minimum atomic E-state index is -0.757. The Morgan fingerprint density at radius 1 is 1.16 bits per heavy atom. The third kappa shape index (κ3) is 3.17. The maximum Gasteiger partial charge on any atom is 0.309 e. The molecule has 4 aliphatic rings. The van der Waals surface area contributed by atoms with E-state index in [4.69, 9.17) is 11.6 Å². The number of hydrogen-bond donors (Lipinski definition) is 2. The van der Waals surface area contributed by atoms with Crippen LogP contribution in [0.25, 0.3) is 0 Å². The number of anilines is 2. The number of carboxylic acid groups (broad SMARTS) is 1. The van der Waals surface area contributed by atoms with Crippen molar-refractivity contribution in [3.63, 3.8) is 0 Å². The van der Waals surface area contributed by atoms with Crippen LogP contribution in [0.1, 0.15) is 55.8 Å². The molecule has 8 heteroatoms. The molecule has 0 saturated heterocycles. The number of rotatable bonds is 5. The SMILES string of the molecule is CC(=O)c1ccc(Nc2cnn(C34C[C@H]5C[C@@H](CC(C(=O)O)(C5)C3)C4)c(=O)c2Cl)cc1. The summed E-state index contributed by atoms with van der Waals surface area (Å²) in [4.78, 5) is 36.8. The number of carbonyl (C=O) groups excluding carboxylic acids is 1. The van der Waals surface area contributed by atoms with Gasteiger partial charge in [0, 0.05) is 11.3 Å². The molecule has 2 N–H and O–H groups in total. The van der Waals surface area contributed by atoms with Gasteiger partial charge in [0.05, 0.1) is 22.8 Å². The quantitative estimate of drug-likeness (QED) is 0.673. The predicted octanol–water partition coefficient (Wildman–Crippen LogP) is 4.22. The van der Waals surface area contributed by atoms with Crippen molar-refractivity contribution in [3.05, 3.63) is 51.4 Å². The van der Waals surface area contributed by atoms with Crippen LogP contribution in [0.3, 0.4) is 0 Å². The fraction of sp³-hybridized carbons (Fsp3) is 0.478. The number of carbonyl (C=O) groups is 2. The Labute approximate surface area is 184 Å². The molecule has 4 aliphatic carbocycles. The Kier molecular flexibility index (Phi) is 4.52. The van der Waals surface area contributed by atoms with Gasteiger partial charge in [0.2, 0.25) is 0 Å². The van der Waals surface area contributed by atoms with Crippen molar-refractivity contribution in [3.8, 4) is 0 Å². The summed E-state index contributed by atoms with van der Waals surface area (Å²) in [6.07, 6.45) is 5.95. The summed E-state index contributed by atoms with van der Waals surface area (Å²) in [5.41, 5.74) is -0.0618. The van der Waals surface area contributed by atoms with Crippen LogP contribution in [0.5, 0.6) is 0 Å². The number of benzene rings is 1. The number of carboxylic acids is 1. The number of hydrogen-bond acceptors (Lipinski definition) is 5. The zero-order valence-corrected chi connectivity index (χ0v) is 18.0. The van der Waals surface area contributed by atoms with Gasteiger partial charge in [-0.2, -0.15) is 5.10 Å². The highest BCUT2D eigenvalue weighted by Gasteiger charge is 2.62. The van der Waals surface area contributed by atoms with Gasteiger partial charge in [0.15, 0.2) is 5.78 Å². The lowest BCUT2D eigenvalue weighted by atomic mass is 9.47. The smallest absolute Gasteiger partial charge is 0.309 e. The average Bonchev–Trinajstić information content (AvgIpc) is 2.70. The van der Waals surface area contributed by atoms with Crippen LogP contribution in [0, 0.1) is 17.3 Å². The number of Topliss-reactive ketones (excluding diaryl/α,β-unsaturated/α-hetero) is 1. The van der Waals surface area contributed by atoms with E-state index >= 15 is 0 Å². The van der Waals surface area contributed by atoms with Crippen molar-refractivity contribution in [1.29, 1.82) is 0 Å². The third-order valence-corrected chi connectivity index (χ3v) is 7.79. The molecule has 0 spiro atoms. The topological polar surface area (TPSA) is 101 Å². The molecule has 0 amide bonds. The molecule has 6 rings (SSSR count). The second-order valence-electron chi connectivity index (χ2n) is 9.62. The second-order valence-corrected chi connectivity index (χ2v) is 10.00. The molecular formula is C23H24ClN3O4. The number of halogens is 1. The van der Waals surface area contributed by atoms with Crippen LogP contribution in [-0.2, 0) is 10.3 Å². The van der Waals surface area contributed by atoms with E-state index in [1.165, 1.54) is 17.8 Å². The summed E-state index contributed by atoms with van der Waals surface area (Å²) in [6, 6.07) is 6.89. The molecule has 0 unspecified atom stereocenters. The summed E-state index contributed by atoms with van der Waals surface area (Å²) in [7, 11) is 0.